The van der Waals surface area contributed by atoms with Crippen LogP contribution in [0.25, 0.3) is 111 Å². The molecule has 0 saturated heterocycles. The van der Waals surface area contributed by atoms with Gasteiger partial charge < -0.3 is 0 Å². The molecule has 2 nitrogen and oxygen atoms in total. The van der Waals surface area contributed by atoms with Gasteiger partial charge in [0.25, 0.3) is 0 Å². The Labute approximate surface area is 374 Å². The van der Waals surface area contributed by atoms with Crippen LogP contribution in [0.3, 0.4) is 0 Å². The first-order valence-electron chi connectivity index (χ1n) is 21.8. The van der Waals surface area contributed by atoms with Gasteiger partial charge in [-0.25, -0.2) is 9.97 Å². The summed E-state index contributed by atoms with van der Waals surface area (Å²) in [5.41, 5.74) is 18.7. The Morgan fingerprint density at radius 3 is 0.922 bits per heavy atom. The molecule has 1 heterocycles. The van der Waals surface area contributed by atoms with Crippen LogP contribution in [-0.4, -0.2) is 9.97 Å². The Balaban J connectivity index is 1.26. The average molecular weight is 815 g/mol. The molecule has 11 rings (SSSR count). The topological polar surface area (TPSA) is 25.8 Å². The molecule has 0 amide bonds. The van der Waals surface area contributed by atoms with Gasteiger partial charge in [0.05, 0.1) is 11.4 Å². The third kappa shape index (κ3) is 7.38. The first-order chi connectivity index (χ1) is 31.8. The molecule has 0 bridgehead atoms. The zero-order valence-corrected chi connectivity index (χ0v) is 35.1. The Bertz CT molecular complexity index is 3280. The van der Waals surface area contributed by atoms with Crippen LogP contribution in [0.15, 0.2) is 255 Å². The molecule has 0 N–H and O–H groups in total. The molecule has 0 atom stereocenters. The summed E-state index contributed by atoms with van der Waals surface area (Å²) in [7, 11) is 0. The zero-order chi connectivity index (χ0) is 42.7. The number of rotatable bonds is 9. The van der Waals surface area contributed by atoms with Gasteiger partial charge in [-0.3, -0.25) is 0 Å². The van der Waals surface area contributed by atoms with Gasteiger partial charge in [0, 0.05) is 16.7 Å². The zero-order valence-electron chi connectivity index (χ0n) is 35.1. The molecule has 0 aliphatic rings. The molecule has 0 saturated carbocycles. The third-order valence-electron chi connectivity index (χ3n) is 12.1. The lowest BCUT2D eigenvalue weighted by Crippen LogP contribution is -2.02. The van der Waals surface area contributed by atoms with E-state index in [1.54, 1.807) is 0 Å². The average Bonchev–Trinajstić information content (AvgIpc) is 3.39. The highest BCUT2D eigenvalue weighted by Gasteiger charge is 2.29. The van der Waals surface area contributed by atoms with E-state index in [0.29, 0.717) is 5.82 Å². The number of hydrogen-bond acceptors (Lipinski definition) is 2. The van der Waals surface area contributed by atoms with Crippen LogP contribution in [-0.2, 0) is 0 Å². The van der Waals surface area contributed by atoms with Crippen molar-refractivity contribution in [2.24, 2.45) is 0 Å². The molecule has 0 aliphatic heterocycles. The highest BCUT2D eigenvalue weighted by molar-refractivity contribution is 6.15. The molecule has 64 heavy (non-hydrogen) atoms. The standard InChI is InChI=1S/C62H42N2/c1-7-23-44(24-8-1)56-57(45-25-9-2-10-26-45)59(47-29-13-4-14-30-47)61(60(48-31-15-5-16-32-48)58(56)46-27-11-3-12-28-46)53-37-21-36-51(41-53)54-42-55(64-62(63-54)49-33-17-6-18-34-49)52-39-38-43-22-19-20-35-50(43)40-52/h1-42H. The van der Waals surface area contributed by atoms with Crippen LogP contribution in [0, 0.1) is 0 Å². The van der Waals surface area contributed by atoms with E-state index in [2.05, 4.69) is 237 Å². The van der Waals surface area contributed by atoms with Gasteiger partial charge in [0.1, 0.15) is 0 Å². The second kappa shape index (κ2) is 17.1. The van der Waals surface area contributed by atoms with Crippen molar-refractivity contribution in [1.29, 1.82) is 0 Å². The lowest BCUT2D eigenvalue weighted by atomic mass is 9.74. The summed E-state index contributed by atoms with van der Waals surface area (Å²) in [5.74, 6) is 0.687. The van der Waals surface area contributed by atoms with Gasteiger partial charge in [0.2, 0.25) is 0 Å². The minimum atomic E-state index is 0.687. The largest absolute Gasteiger partial charge is 0.228 e. The predicted octanol–water partition coefficient (Wildman–Crippen LogP) is 16.6. The SMILES string of the molecule is c1ccc(-c2nc(-c3cccc(-c4c(-c5ccccc5)c(-c5ccccc5)c(-c5ccccc5)c(-c5ccccc5)c4-c4ccccc4)c3)cc(-c3ccc4ccccc4c3)n2)cc1. The summed E-state index contributed by atoms with van der Waals surface area (Å²) in [6.07, 6.45) is 0. The van der Waals surface area contributed by atoms with Crippen LogP contribution in [0.2, 0.25) is 0 Å². The summed E-state index contributed by atoms with van der Waals surface area (Å²) < 4.78 is 0. The van der Waals surface area contributed by atoms with Crippen molar-refractivity contribution < 1.29 is 0 Å². The first-order valence-corrected chi connectivity index (χ1v) is 21.8. The second-order valence-electron chi connectivity index (χ2n) is 16.1. The first kappa shape index (κ1) is 38.5. The van der Waals surface area contributed by atoms with Gasteiger partial charge in [-0.05, 0) is 95.7 Å². The molecule has 0 spiro atoms. The molecule has 0 aliphatic carbocycles. The summed E-state index contributed by atoms with van der Waals surface area (Å²) in [4.78, 5) is 10.5. The highest BCUT2D eigenvalue weighted by atomic mass is 14.9. The highest BCUT2D eigenvalue weighted by Crippen LogP contribution is 2.56. The minimum Gasteiger partial charge on any atom is -0.228 e. The summed E-state index contributed by atoms with van der Waals surface area (Å²) in [5, 5.41) is 2.37. The fourth-order valence-corrected chi connectivity index (χ4v) is 9.15. The summed E-state index contributed by atoms with van der Waals surface area (Å²) >= 11 is 0. The van der Waals surface area contributed by atoms with Crippen molar-refractivity contribution in [3.8, 4) is 101 Å². The normalized spacial score (nSPS) is 11.1. The van der Waals surface area contributed by atoms with E-state index in [1.807, 2.05) is 18.2 Å². The van der Waals surface area contributed by atoms with Crippen LogP contribution >= 0.6 is 0 Å². The molecule has 11 aromatic rings. The molecule has 1 aromatic heterocycles. The van der Waals surface area contributed by atoms with Gasteiger partial charge in [-0.15, -0.1) is 0 Å². The fourth-order valence-electron chi connectivity index (χ4n) is 9.15. The number of benzene rings is 10. The van der Waals surface area contributed by atoms with Gasteiger partial charge in [-0.2, -0.15) is 0 Å². The van der Waals surface area contributed by atoms with Crippen LogP contribution in [0.1, 0.15) is 0 Å². The number of fused-ring (bicyclic) bond motifs is 1. The monoisotopic (exact) mass is 814 g/mol. The molecular weight excluding hydrogens is 773 g/mol. The number of aromatic nitrogens is 2. The van der Waals surface area contributed by atoms with E-state index in [1.165, 1.54) is 38.6 Å². The number of nitrogens with zero attached hydrogens (tertiary/aromatic N) is 2. The minimum absolute atomic E-state index is 0.687. The molecule has 0 unspecified atom stereocenters. The van der Waals surface area contributed by atoms with E-state index < -0.39 is 0 Å². The van der Waals surface area contributed by atoms with Crippen molar-refractivity contribution in [2.75, 3.05) is 0 Å². The van der Waals surface area contributed by atoms with Crippen molar-refractivity contribution in [3.05, 3.63) is 255 Å². The summed E-state index contributed by atoms with van der Waals surface area (Å²) in [6, 6.07) is 91.1. The van der Waals surface area contributed by atoms with E-state index in [0.717, 1.165) is 67.0 Å². The lowest BCUT2D eigenvalue weighted by molar-refractivity contribution is 1.18. The van der Waals surface area contributed by atoms with Crippen LogP contribution in [0.5, 0.6) is 0 Å². The maximum atomic E-state index is 5.33. The molecule has 2 heteroatoms. The quantitative estimate of drug-likeness (QED) is 0.145. The third-order valence-corrected chi connectivity index (χ3v) is 12.1. The molecule has 0 radical (unpaired) electrons. The van der Waals surface area contributed by atoms with E-state index >= 15 is 0 Å². The van der Waals surface area contributed by atoms with E-state index in [9.17, 15) is 0 Å². The molecule has 10 aromatic carbocycles. The van der Waals surface area contributed by atoms with Gasteiger partial charge in [-0.1, -0.05) is 237 Å². The second-order valence-corrected chi connectivity index (χ2v) is 16.1. The van der Waals surface area contributed by atoms with Crippen molar-refractivity contribution in [2.45, 2.75) is 0 Å². The predicted molar refractivity (Wildman–Crippen MR) is 268 cm³/mol. The maximum Gasteiger partial charge on any atom is 0.160 e. The smallest absolute Gasteiger partial charge is 0.160 e. The lowest BCUT2D eigenvalue weighted by Gasteiger charge is -2.29. The van der Waals surface area contributed by atoms with Gasteiger partial charge >= 0.3 is 0 Å². The number of hydrogen-bond donors (Lipinski definition) is 0. The van der Waals surface area contributed by atoms with E-state index in [4.69, 9.17) is 9.97 Å². The van der Waals surface area contributed by atoms with E-state index in [-0.39, 0.29) is 0 Å². The summed E-state index contributed by atoms with van der Waals surface area (Å²) in [6.45, 7) is 0. The Hall–Kier alpha value is -8.46. The van der Waals surface area contributed by atoms with Crippen LogP contribution in [0.4, 0.5) is 0 Å². The van der Waals surface area contributed by atoms with Crippen molar-refractivity contribution >= 4 is 10.8 Å². The van der Waals surface area contributed by atoms with Gasteiger partial charge in [0.15, 0.2) is 5.82 Å². The Morgan fingerprint density at radius 1 is 0.188 bits per heavy atom. The fraction of sp³-hybridized carbons (Fsp3) is 0. The molecule has 0 fully saturated rings. The Kier molecular flexibility index (Phi) is 10.3. The Morgan fingerprint density at radius 2 is 0.500 bits per heavy atom. The van der Waals surface area contributed by atoms with Crippen molar-refractivity contribution in [3.63, 3.8) is 0 Å². The molecular formula is C62H42N2. The van der Waals surface area contributed by atoms with Crippen LogP contribution < -0.4 is 0 Å². The van der Waals surface area contributed by atoms with Crippen molar-refractivity contribution in [1.82, 2.24) is 9.97 Å². The maximum absolute atomic E-state index is 5.33. The molecule has 300 valence electrons.